The van der Waals surface area contributed by atoms with Crippen molar-refractivity contribution < 1.29 is 9.13 Å². The number of benzene rings is 2. The van der Waals surface area contributed by atoms with Crippen LogP contribution >= 0.6 is 15.9 Å². The molecule has 0 aliphatic carbocycles. The summed E-state index contributed by atoms with van der Waals surface area (Å²) in [5, 5.41) is 0.924. The molecule has 0 aliphatic heterocycles. The highest BCUT2D eigenvalue weighted by Crippen LogP contribution is 2.25. The second-order valence-electron chi connectivity index (χ2n) is 4.35. The van der Waals surface area contributed by atoms with Crippen LogP contribution in [-0.2, 0) is 6.61 Å². The van der Waals surface area contributed by atoms with Crippen LogP contribution in [-0.4, -0.2) is 4.98 Å². The molecule has 1 aromatic heterocycles. The molecule has 0 saturated heterocycles. The van der Waals surface area contributed by atoms with Crippen molar-refractivity contribution >= 4 is 26.8 Å². The Morgan fingerprint density at radius 2 is 2.00 bits per heavy atom. The Morgan fingerprint density at radius 1 is 1.10 bits per heavy atom. The normalized spacial score (nSPS) is 10.7. The van der Waals surface area contributed by atoms with Gasteiger partial charge in [0.2, 0.25) is 0 Å². The molecule has 2 nitrogen and oxygen atoms in total. The van der Waals surface area contributed by atoms with Crippen LogP contribution in [0.5, 0.6) is 5.75 Å². The average molecular weight is 332 g/mol. The number of halogens is 2. The van der Waals surface area contributed by atoms with E-state index >= 15 is 0 Å². The zero-order valence-electron chi connectivity index (χ0n) is 10.5. The summed E-state index contributed by atoms with van der Waals surface area (Å²) in [5.41, 5.74) is 1.38. The number of ether oxygens (including phenoxy) is 1. The number of pyridine rings is 1. The van der Waals surface area contributed by atoms with E-state index in [1.807, 2.05) is 30.3 Å². The van der Waals surface area contributed by atoms with Crippen molar-refractivity contribution in [3.05, 3.63) is 70.6 Å². The Labute approximate surface area is 124 Å². The third kappa shape index (κ3) is 2.65. The summed E-state index contributed by atoms with van der Waals surface area (Å²) < 4.78 is 20.2. The lowest BCUT2D eigenvalue weighted by molar-refractivity contribution is 0.303. The van der Waals surface area contributed by atoms with Crippen molar-refractivity contribution in [2.45, 2.75) is 6.61 Å². The minimum atomic E-state index is -0.280. The molecule has 0 fully saturated rings. The Hall–Kier alpha value is -1.94. The highest BCUT2D eigenvalue weighted by atomic mass is 79.9. The minimum absolute atomic E-state index is 0.188. The van der Waals surface area contributed by atoms with Gasteiger partial charge in [-0.05, 0) is 36.4 Å². The molecule has 0 aliphatic rings. The fourth-order valence-corrected chi connectivity index (χ4v) is 2.33. The van der Waals surface area contributed by atoms with E-state index in [2.05, 4.69) is 20.9 Å². The van der Waals surface area contributed by atoms with Crippen LogP contribution in [0.25, 0.3) is 10.9 Å². The van der Waals surface area contributed by atoms with Gasteiger partial charge >= 0.3 is 0 Å². The summed E-state index contributed by atoms with van der Waals surface area (Å²) in [6, 6.07) is 14.4. The maximum absolute atomic E-state index is 13.7. The SMILES string of the molecule is Fc1cc(Br)ccc1COc1cccc2ncccc12. The summed E-state index contributed by atoms with van der Waals surface area (Å²) in [6.45, 7) is 0.188. The summed E-state index contributed by atoms with van der Waals surface area (Å²) in [5.74, 6) is 0.427. The molecule has 0 amide bonds. The van der Waals surface area contributed by atoms with E-state index in [9.17, 15) is 4.39 Å². The lowest BCUT2D eigenvalue weighted by atomic mass is 10.2. The van der Waals surface area contributed by atoms with Gasteiger partial charge < -0.3 is 4.74 Å². The molecular formula is C16H11BrFNO. The summed E-state index contributed by atoms with van der Waals surface area (Å²) in [6.07, 6.45) is 1.74. The van der Waals surface area contributed by atoms with Gasteiger partial charge in [-0.15, -0.1) is 0 Å². The molecule has 0 saturated carbocycles. The van der Waals surface area contributed by atoms with E-state index in [0.29, 0.717) is 15.8 Å². The van der Waals surface area contributed by atoms with Gasteiger partial charge in [0.1, 0.15) is 18.2 Å². The molecule has 1 heterocycles. The first-order valence-electron chi connectivity index (χ1n) is 6.14. The summed E-state index contributed by atoms with van der Waals surface area (Å²) in [4.78, 5) is 4.27. The van der Waals surface area contributed by atoms with Crippen molar-refractivity contribution in [1.82, 2.24) is 4.98 Å². The van der Waals surface area contributed by atoms with Crippen LogP contribution in [0.2, 0.25) is 0 Å². The molecule has 3 rings (SSSR count). The van der Waals surface area contributed by atoms with Gasteiger partial charge in [0, 0.05) is 21.6 Å². The predicted octanol–water partition coefficient (Wildman–Crippen LogP) is 4.72. The van der Waals surface area contributed by atoms with Gasteiger partial charge in [0.15, 0.2) is 0 Å². The van der Waals surface area contributed by atoms with Gasteiger partial charge in [0.05, 0.1) is 5.52 Å². The molecule has 0 N–H and O–H groups in total. The van der Waals surface area contributed by atoms with Gasteiger partial charge in [-0.2, -0.15) is 0 Å². The van der Waals surface area contributed by atoms with Crippen LogP contribution < -0.4 is 4.74 Å². The first-order valence-corrected chi connectivity index (χ1v) is 6.94. The second kappa shape index (κ2) is 5.59. The first-order chi connectivity index (χ1) is 9.74. The van der Waals surface area contributed by atoms with Gasteiger partial charge in [-0.25, -0.2) is 4.39 Å². The molecule has 2 aromatic carbocycles. The zero-order valence-corrected chi connectivity index (χ0v) is 12.1. The molecule has 20 heavy (non-hydrogen) atoms. The Morgan fingerprint density at radius 3 is 2.85 bits per heavy atom. The molecule has 0 spiro atoms. The fraction of sp³-hybridized carbons (Fsp3) is 0.0625. The van der Waals surface area contributed by atoms with E-state index in [1.165, 1.54) is 6.07 Å². The highest BCUT2D eigenvalue weighted by Gasteiger charge is 2.06. The molecule has 0 radical (unpaired) electrons. The second-order valence-corrected chi connectivity index (χ2v) is 5.27. The van der Waals surface area contributed by atoms with E-state index in [0.717, 1.165) is 10.9 Å². The van der Waals surface area contributed by atoms with Gasteiger partial charge in [-0.1, -0.05) is 28.1 Å². The number of nitrogens with zero attached hydrogens (tertiary/aromatic N) is 1. The lowest BCUT2D eigenvalue weighted by Gasteiger charge is -2.09. The highest BCUT2D eigenvalue weighted by molar-refractivity contribution is 9.10. The minimum Gasteiger partial charge on any atom is -0.488 e. The van der Waals surface area contributed by atoms with Crippen molar-refractivity contribution in [1.29, 1.82) is 0 Å². The Kier molecular flexibility index (Phi) is 3.65. The molecule has 0 atom stereocenters. The largest absolute Gasteiger partial charge is 0.488 e. The van der Waals surface area contributed by atoms with Gasteiger partial charge in [-0.3, -0.25) is 4.98 Å². The van der Waals surface area contributed by atoms with Crippen molar-refractivity contribution in [2.75, 3.05) is 0 Å². The predicted molar refractivity (Wildman–Crippen MR) is 80.2 cm³/mol. The monoisotopic (exact) mass is 331 g/mol. The van der Waals surface area contributed by atoms with Crippen LogP contribution in [0.3, 0.4) is 0 Å². The number of rotatable bonds is 3. The number of aromatic nitrogens is 1. The smallest absolute Gasteiger partial charge is 0.130 e. The fourth-order valence-electron chi connectivity index (χ4n) is 2.00. The quantitative estimate of drug-likeness (QED) is 0.693. The van der Waals surface area contributed by atoms with Crippen molar-refractivity contribution in [3.63, 3.8) is 0 Å². The molecule has 100 valence electrons. The molecule has 0 unspecified atom stereocenters. The molecule has 4 heteroatoms. The summed E-state index contributed by atoms with van der Waals surface area (Å²) in [7, 11) is 0. The van der Waals surface area contributed by atoms with Crippen LogP contribution in [0, 0.1) is 5.82 Å². The maximum atomic E-state index is 13.7. The zero-order chi connectivity index (χ0) is 13.9. The van der Waals surface area contributed by atoms with Crippen LogP contribution in [0.15, 0.2) is 59.2 Å². The number of fused-ring (bicyclic) bond motifs is 1. The van der Waals surface area contributed by atoms with E-state index in [4.69, 9.17) is 4.74 Å². The van der Waals surface area contributed by atoms with Crippen molar-refractivity contribution in [3.8, 4) is 5.75 Å². The van der Waals surface area contributed by atoms with Gasteiger partial charge in [0.25, 0.3) is 0 Å². The van der Waals surface area contributed by atoms with Crippen molar-refractivity contribution in [2.24, 2.45) is 0 Å². The topological polar surface area (TPSA) is 22.1 Å². The average Bonchev–Trinajstić information content (AvgIpc) is 2.46. The van der Waals surface area contributed by atoms with E-state index in [1.54, 1.807) is 18.3 Å². The van der Waals surface area contributed by atoms with Crippen LogP contribution in [0.1, 0.15) is 5.56 Å². The van der Waals surface area contributed by atoms with E-state index < -0.39 is 0 Å². The third-order valence-corrected chi connectivity index (χ3v) is 3.50. The van der Waals surface area contributed by atoms with E-state index in [-0.39, 0.29) is 12.4 Å². The molecule has 0 bridgehead atoms. The Balaban J connectivity index is 1.87. The Bertz CT molecular complexity index is 755. The summed E-state index contributed by atoms with van der Waals surface area (Å²) >= 11 is 3.24. The first kappa shape index (κ1) is 13.1. The molecular weight excluding hydrogens is 321 g/mol. The number of hydrogen-bond donors (Lipinski definition) is 0. The third-order valence-electron chi connectivity index (χ3n) is 3.00. The lowest BCUT2D eigenvalue weighted by Crippen LogP contribution is -1.99. The molecule has 3 aromatic rings. The van der Waals surface area contributed by atoms with Crippen LogP contribution in [0.4, 0.5) is 4.39 Å². The maximum Gasteiger partial charge on any atom is 0.130 e. The standard InChI is InChI=1S/C16H11BrFNO/c17-12-7-6-11(14(18)9-12)10-20-16-5-1-4-15-13(16)3-2-8-19-15/h1-9H,10H2. The number of hydrogen-bond acceptors (Lipinski definition) is 2.